The molecule has 0 spiro atoms. The summed E-state index contributed by atoms with van der Waals surface area (Å²) in [5, 5.41) is 26.1. The number of primary amides is 1. The number of hydrogen-bond donors (Lipinski definition) is 3. The number of amides is 1. The lowest BCUT2D eigenvalue weighted by Crippen LogP contribution is -2.26. The highest BCUT2D eigenvalue weighted by Crippen LogP contribution is 2.28. The average Bonchev–Trinajstić information content (AvgIpc) is 3.52. The summed E-state index contributed by atoms with van der Waals surface area (Å²) in [5.74, 6) is 0.118. The van der Waals surface area contributed by atoms with Crippen LogP contribution in [0.15, 0.2) is 42.9 Å². The van der Waals surface area contributed by atoms with Gasteiger partial charge in [-0.25, -0.2) is 4.98 Å². The van der Waals surface area contributed by atoms with E-state index in [4.69, 9.17) is 5.73 Å². The molecule has 1 aliphatic carbocycles. The lowest BCUT2D eigenvalue weighted by molar-refractivity contribution is -0.121. The highest BCUT2D eigenvalue weighted by Gasteiger charge is 2.29. The number of benzene rings is 1. The van der Waals surface area contributed by atoms with E-state index < -0.39 is 5.60 Å². The molecule has 1 aromatic carbocycles. The number of nitrogens with two attached hydrogens (primary N) is 1. The molecule has 4 N–H and O–H groups in total. The summed E-state index contributed by atoms with van der Waals surface area (Å²) in [6.45, 7) is 3.92. The Bertz CT molecular complexity index is 1320. The Morgan fingerprint density at radius 1 is 1.21 bits per heavy atom. The standard InChI is InChI=1S/C23H27N9O2/c1-23(2,34)13-31-12-16(10-26-31)14-4-7-18(8-5-14)32-21-19(29-30-32)11-25-22(28-21)27-17-6-3-15(9-17)20(24)33/h4-5,7-8,10-12,15,17,34H,3,6,9,13H2,1-2H3,(H2,24,33)(H,25,27,28)/t15-,17-/m1/s1. The zero-order valence-electron chi connectivity index (χ0n) is 19.1. The molecule has 1 aliphatic rings. The van der Waals surface area contributed by atoms with Gasteiger partial charge in [0.2, 0.25) is 11.9 Å². The maximum atomic E-state index is 11.4. The number of rotatable bonds is 7. The van der Waals surface area contributed by atoms with Crippen molar-refractivity contribution in [3.63, 3.8) is 0 Å². The summed E-state index contributed by atoms with van der Waals surface area (Å²) in [7, 11) is 0. The third-order valence-electron chi connectivity index (χ3n) is 5.99. The first-order valence-electron chi connectivity index (χ1n) is 11.3. The maximum absolute atomic E-state index is 11.4. The molecule has 4 aromatic rings. The quantitative estimate of drug-likeness (QED) is 0.378. The van der Waals surface area contributed by atoms with Crippen molar-refractivity contribution in [1.82, 2.24) is 34.7 Å². The van der Waals surface area contributed by atoms with E-state index in [1.807, 2.05) is 30.5 Å². The van der Waals surface area contributed by atoms with Crippen LogP contribution in [0.25, 0.3) is 28.0 Å². The summed E-state index contributed by atoms with van der Waals surface area (Å²) in [6.07, 6.45) is 7.64. The Kier molecular flexibility index (Phi) is 5.48. The highest BCUT2D eigenvalue weighted by molar-refractivity contribution is 5.77. The molecule has 0 saturated heterocycles. The zero-order chi connectivity index (χ0) is 23.9. The molecule has 11 nitrogen and oxygen atoms in total. The second-order valence-corrected chi connectivity index (χ2v) is 9.44. The average molecular weight is 462 g/mol. The van der Waals surface area contributed by atoms with Crippen molar-refractivity contribution in [2.24, 2.45) is 11.7 Å². The number of nitrogens with zero attached hydrogens (tertiary/aromatic N) is 7. The third-order valence-corrected chi connectivity index (χ3v) is 5.99. The monoisotopic (exact) mass is 461 g/mol. The number of anilines is 1. The van der Waals surface area contributed by atoms with E-state index in [9.17, 15) is 9.90 Å². The minimum atomic E-state index is -0.835. The minimum Gasteiger partial charge on any atom is -0.389 e. The fourth-order valence-corrected chi connectivity index (χ4v) is 4.32. The van der Waals surface area contributed by atoms with Crippen molar-refractivity contribution in [2.75, 3.05) is 5.32 Å². The number of hydrogen-bond acceptors (Lipinski definition) is 8. The molecule has 0 bridgehead atoms. The number of aliphatic hydroxyl groups is 1. The van der Waals surface area contributed by atoms with Gasteiger partial charge in [-0.1, -0.05) is 17.3 Å². The number of fused-ring (bicyclic) bond motifs is 1. The molecule has 5 rings (SSSR count). The lowest BCUT2D eigenvalue weighted by atomic mass is 10.1. The van der Waals surface area contributed by atoms with Crippen molar-refractivity contribution in [2.45, 2.75) is 51.3 Å². The van der Waals surface area contributed by atoms with Gasteiger partial charge in [-0.2, -0.15) is 14.8 Å². The van der Waals surface area contributed by atoms with Gasteiger partial charge >= 0.3 is 0 Å². The molecule has 3 aromatic heterocycles. The third kappa shape index (κ3) is 4.60. The predicted molar refractivity (Wildman–Crippen MR) is 126 cm³/mol. The van der Waals surface area contributed by atoms with Gasteiger partial charge in [0.25, 0.3) is 0 Å². The van der Waals surface area contributed by atoms with Crippen molar-refractivity contribution in [3.05, 3.63) is 42.9 Å². The second-order valence-electron chi connectivity index (χ2n) is 9.44. The van der Waals surface area contributed by atoms with E-state index in [-0.39, 0.29) is 17.9 Å². The molecular weight excluding hydrogens is 434 g/mol. The smallest absolute Gasteiger partial charge is 0.225 e. The van der Waals surface area contributed by atoms with Crippen LogP contribution >= 0.6 is 0 Å². The second kappa shape index (κ2) is 8.49. The molecule has 1 saturated carbocycles. The fourth-order valence-electron chi connectivity index (χ4n) is 4.32. The van der Waals surface area contributed by atoms with Gasteiger partial charge < -0.3 is 16.2 Å². The SMILES string of the molecule is CC(C)(O)Cn1cc(-c2ccc(-n3nnc4cnc(N[C@@H]5CC[C@@H](C(N)=O)C5)nc43)cc2)cn1. The van der Waals surface area contributed by atoms with Gasteiger partial charge in [0, 0.05) is 23.7 Å². The van der Waals surface area contributed by atoms with Crippen molar-refractivity contribution in [3.8, 4) is 16.8 Å². The summed E-state index contributed by atoms with van der Waals surface area (Å²) in [6, 6.07) is 7.96. The van der Waals surface area contributed by atoms with Gasteiger partial charge in [-0.3, -0.25) is 9.48 Å². The molecule has 0 radical (unpaired) electrons. The molecular formula is C23H27N9O2. The first-order valence-corrected chi connectivity index (χ1v) is 11.3. The van der Waals surface area contributed by atoms with Crippen LogP contribution in [0.2, 0.25) is 0 Å². The first kappa shape index (κ1) is 22.0. The van der Waals surface area contributed by atoms with Crippen LogP contribution in [0.5, 0.6) is 0 Å². The van der Waals surface area contributed by atoms with Gasteiger partial charge in [0.15, 0.2) is 11.2 Å². The Morgan fingerprint density at radius 3 is 2.71 bits per heavy atom. The van der Waals surface area contributed by atoms with Crippen molar-refractivity contribution in [1.29, 1.82) is 0 Å². The van der Waals surface area contributed by atoms with E-state index in [0.29, 0.717) is 30.1 Å². The molecule has 11 heteroatoms. The van der Waals surface area contributed by atoms with Gasteiger partial charge in [-0.15, -0.1) is 5.10 Å². The number of aromatic nitrogens is 7. The molecule has 1 amide bonds. The largest absolute Gasteiger partial charge is 0.389 e. The van der Waals surface area contributed by atoms with Gasteiger partial charge in [-0.05, 0) is 50.8 Å². The molecule has 2 atom stereocenters. The summed E-state index contributed by atoms with van der Waals surface area (Å²) >= 11 is 0. The predicted octanol–water partition coefficient (Wildman–Crippen LogP) is 1.91. The van der Waals surface area contributed by atoms with Crippen LogP contribution in [0.4, 0.5) is 5.95 Å². The molecule has 1 fully saturated rings. The Hall–Kier alpha value is -3.86. The fraction of sp³-hybridized carbons (Fsp3) is 0.391. The van der Waals surface area contributed by atoms with E-state index in [2.05, 4.69) is 30.7 Å². The van der Waals surface area contributed by atoms with Gasteiger partial charge in [0.05, 0.1) is 30.2 Å². The first-order chi connectivity index (χ1) is 16.2. The molecule has 0 unspecified atom stereocenters. The van der Waals surface area contributed by atoms with E-state index in [1.54, 1.807) is 35.6 Å². The van der Waals surface area contributed by atoms with Crippen LogP contribution in [-0.2, 0) is 11.3 Å². The normalized spacial score (nSPS) is 18.4. The van der Waals surface area contributed by atoms with Crippen molar-refractivity contribution >= 4 is 23.0 Å². The van der Waals surface area contributed by atoms with Crippen LogP contribution in [0.1, 0.15) is 33.1 Å². The summed E-state index contributed by atoms with van der Waals surface area (Å²) in [5.41, 5.74) is 8.55. The Morgan fingerprint density at radius 2 is 2.00 bits per heavy atom. The number of nitrogens with one attached hydrogen (secondary N) is 1. The maximum Gasteiger partial charge on any atom is 0.225 e. The summed E-state index contributed by atoms with van der Waals surface area (Å²) in [4.78, 5) is 20.4. The minimum absolute atomic E-state index is 0.103. The number of carbonyl (C=O) groups is 1. The number of carbonyl (C=O) groups excluding carboxylic acids is 1. The topological polar surface area (TPSA) is 150 Å². The van der Waals surface area contributed by atoms with E-state index >= 15 is 0 Å². The van der Waals surface area contributed by atoms with Crippen LogP contribution < -0.4 is 11.1 Å². The molecule has 3 heterocycles. The Labute approximate surface area is 196 Å². The zero-order valence-corrected chi connectivity index (χ0v) is 19.1. The Balaban J connectivity index is 1.35. The summed E-state index contributed by atoms with van der Waals surface area (Å²) < 4.78 is 3.40. The van der Waals surface area contributed by atoms with Gasteiger partial charge in [0.1, 0.15) is 0 Å². The van der Waals surface area contributed by atoms with Crippen LogP contribution in [0.3, 0.4) is 0 Å². The van der Waals surface area contributed by atoms with E-state index in [1.165, 1.54) is 0 Å². The molecule has 176 valence electrons. The van der Waals surface area contributed by atoms with Crippen molar-refractivity contribution < 1.29 is 9.90 Å². The molecule has 0 aliphatic heterocycles. The van der Waals surface area contributed by atoms with Crippen LogP contribution in [0, 0.1) is 5.92 Å². The van der Waals surface area contributed by atoms with Crippen LogP contribution in [-0.4, -0.2) is 57.4 Å². The lowest BCUT2D eigenvalue weighted by Gasteiger charge is -2.16. The van der Waals surface area contributed by atoms with E-state index in [0.717, 1.165) is 29.7 Å². The molecule has 34 heavy (non-hydrogen) atoms. The highest BCUT2D eigenvalue weighted by atomic mass is 16.3.